The number of ether oxygens (including phenoxy) is 1. The Morgan fingerprint density at radius 1 is 0.915 bits per heavy atom. The minimum Gasteiger partial charge on any atom is -0.478 e. The van der Waals surface area contributed by atoms with Crippen LogP contribution in [0.2, 0.25) is 0 Å². The number of fused-ring (bicyclic) bond motifs is 1. The van der Waals surface area contributed by atoms with Crippen LogP contribution >= 0.6 is 0 Å². The Hall–Kier alpha value is -4.79. The van der Waals surface area contributed by atoms with Crippen LogP contribution in [0.15, 0.2) is 103 Å². The fourth-order valence-corrected chi connectivity index (χ4v) is 5.91. The smallest absolute Gasteiger partial charge is 0.336 e. The molecule has 1 unspecified atom stereocenters. The zero-order valence-electron chi connectivity index (χ0n) is 27.2. The molecule has 8 nitrogen and oxygen atoms in total. The maximum atomic E-state index is 14.0. The van der Waals surface area contributed by atoms with E-state index < -0.39 is 17.6 Å². The Bertz CT molecular complexity index is 1690. The van der Waals surface area contributed by atoms with Crippen molar-refractivity contribution in [3.63, 3.8) is 0 Å². The zero-order chi connectivity index (χ0) is 33.4. The van der Waals surface area contributed by atoms with E-state index in [0.717, 1.165) is 27.9 Å². The van der Waals surface area contributed by atoms with Gasteiger partial charge >= 0.3 is 5.97 Å². The van der Waals surface area contributed by atoms with Crippen LogP contribution in [0.5, 0.6) is 0 Å². The van der Waals surface area contributed by atoms with Crippen LogP contribution in [0.4, 0.5) is 5.69 Å². The average molecular weight is 634 g/mol. The summed E-state index contributed by atoms with van der Waals surface area (Å²) >= 11 is 0. The number of nitrogens with zero attached hydrogens (tertiary/aromatic N) is 1. The standard InChI is InChI=1S/C39H43N3O5/c1-27(47-26-29-11-5-4-6-12-29)24-40-39(2,3)23-36(43)41-34-22-21-31-13-7-10-16-35(31)42(37(34)44)25-28-17-19-30(20-18-28)32-14-8-9-15-33(32)38(45)46/h4-20,27,34,40H,21-26H2,1-3H3,(H,41,43)(H,45,46)/t27-,34?/m1/s1. The SMILES string of the molecule is C[C@H](CNC(C)(C)CC(=O)NC1CCc2ccccc2N(Cc2ccc(-c3ccccc3C(=O)O)cc2)C1=O)OCc1ccccc1. The van der Waals surface area contributed by atoms with Crippen molar-refractivity contribution in [1.29, 1.82) is 0 Å². The normalized spacial score (nSPS) is 15.4. The predicted molar refractivity (Wildman–Crippen MR) is 184 cm³/mol. The Labute approximate surface area is 276 Å². The summed E-state index contributed by atoms with van der Waals surface area (Å²) in [6.45, 7) is 7.38. The fourth-order valence-electron chi connectivity index (χ4n) is 5.91. The quantitative estimate of drug-likeness (QED) is 0.158. The molecule has 0 aliphatic carbocycles. The van der Waals surface area contributed by atoms with Crippen LogP contribution in [0.25, 0.3) is 11.1 Å². The molecule has 1 aliphatic rings. The molecule has 47 heavy (non-hydrogen) atoms. The van der Waals surface area contributed by atoms with Gasteiger partial charge in [-0.1, -0.05) is 91.0 Å². The summed E-state index contributed by atoms with van der Waals surface area (Å²) in [4.78, 5) is 40.9. The molecular formula is C39H43N3O5. The summed E-state index contributed by atoms with van der Waals surface area (Å²) in [5, 5.41) is 16.1. The lowest BCUT2D eigenvalue weighted by molar-refractivity contribution is -0.128. The van der Waals surface area contributed by atoms with Gasteiger partial charge in [-0.15, -0.1) is 0 Å². The van der Waals surface area contributed by atoms with Crippen molar-refractivity contribution < 1.29 is 24.2 Å². The molecule has 8 heteroatoms. The van der Waals surface area contributed by atoms with Crippen molar-refractivity contribution in [2.45, 2.75) is 70.9 Å². The van der Waals surface area contributed by atoms with Crippen molar-refractivity contribution in [3.8, 4) is 11.1 Å². The first-order chi connectivity index (χ1) is 22.6. The Morgan fingerprint density at radius 3 is 2.34 bits per heavy atom. The molecule has 2 atom stereocenters. The molecular weight excluding hydrogens is 590 g/mol. The van der Waals surface area contributed by atoms with Gasteiger partial charge in [0.05, 0.1) is 24.8 Å². The van der Waals surface area contributed by atoms with Gasteiger partial charge in [0.1, 0.15) is 6.04 Å². The number of aromatic carboxylic acids is 1. The summed E-state index contributed by atoms with van der Waals surface area (Å²) < 4.78 is 5.98. The number of carboxylic acids is 1. The number of anilines is 1. The summed E-state index contributed by atoms with van der Waals surface area (Å²) in [7, 11) is 0. The van der Waals surface area contributed by atoms with Gasteiger partial charge in [0.25, 0.3) is 0 Å². The minimum absolute atomic E-state index is 0.0472. The largest absolute Gasteiger partial charge is 0.478 e. The number of rotatable bonds is 13. The van der Waals surface area contributed by atoms with Gasteiger partial charge in [-0.25, -0.2) is 4.79 Å². The van der Waals surface area contributed by atoms with E-state index in [9.17, 15) is 19.5 Å². The van der Waals surface area contributed by atoms with E-state index in [1.807, 2.05) is 106 Å². The number of aryl methyl sites for hydroxylation is 1. The molecule has 3 N–H and O–H groups in total. The van der Waals surface area contributed by atoms with E-state index in [2.05, 4.69) is 10.6 Å². The second-order valence-corrected chi connectivity index (χ2v) is 12.8. The van der Waals surface area contributed by atoms with Gasteiger partial charge in [0.15, 0.2) is 0 Å². The predicted octanol–water partition coefficient (Wildman–Crippen LogP) is 6.38. The van der Waals surface area contributed by atoms with E-state index in [1.54, 1.807) is 23.1 Å². The third-order valence-electron chi connectivity index (χ3n) is 8.50. The highest BCUT2D eigenvalue weighted by Gasteiger charge is 2.33. The average Bonchev–Trinajstić information content (AvgIpc) is 3.19. The second-order valence-electron chi connectivity index (χ2n) is 12.8. The van der Waals surface area contributed by atoms with Crippen LogP contribution in [0.1, 0.15) is 60.7 Å². The molecule has 0 spiro atoms. The van der Waals surface area contributed by atoms with Gasteiger partial charge < -0.3 is 25.4 Å². The number of para-hydroxylation sites is 1. The molecule has 5 rings (SSSR count). The molecule has 0 bridgehead atoms. The highest BCUT2D eigenvalue weighted by molar-refractivity contribution is 6.00. The first-order valence-corrected chi connectivity index (χ1v) is 16.1. The number of hydrogen-bond donors (Lipinski definition) is 3. The first-order valence-electron chi connectivity index (χ1n) is 16.1. The Balaban J connectivity index is 1.22. The number of benzene rings is 4. The number of hydrogen-bond acceptors (Lipinski definition) is 5. The lowest BCUT2D eigenvalue weighted by atomic mass is 9.98. The number of carboxylic acid groups (broad SMARTS) is 1. The Kier molecular flexibility index (Phi) is 10.9. The minimum atomic E-state index is -0.980. The van der Waals surface area contributed by atoms with Crippen molar-refractivity contribution in [2.75, 3.05) is 11.4 Å². The molecule has 1 heterocycles. The first kappa shape index (κ1) is 33.6. The zero-order valence-corrected chi connectivity index (χ0v) is 27.2. The number of nitrogens with one attached hydrogen (secondary N) is 2. The molecule has 4 aromatic carbocycles. The molecule has 0 fully saturated rings. The van der Waals surface area contributed by atoms with Gasteiger partial charge in [-0.2, -0.15) is 0 Å². The maximum absolute atomic E-state index is 14.0. The third kappa shape index (κ3) is 8.93. The van der Waals surface area contributed by atoms with E-state index in [0.29, 0.717) is 38.1 Å². The lowest BCUT2D eigenvalue weighted by Crippen LogP contribution is -2.51. The number of carbonyl (C=O) groups is 3. The summed E-state index contributed by atoms with van der Waals surface area (Å²) in [6, 6.07) is 31.7. The fraction of sp³-hybridized carbons (Fsp3) is 0.308. The number of amides is 2. The highest BCUT2D eigenvalue weighted by atomic mass is 16.5. The van der Waals surface area contributed by atoms with Crippen molar-refractivity contribution in [3.05, 3.63) is 125 Å². The molecule has 0 saturated carbocycles. The third-order valence-corrected chi connectivity index (χ3v) is 8.50. The molecule has 4 aromatic rings. The van der Waals surface area contributed by atoms with Crippen molar-refractivity contribution in [1.82, 2.24) is 10.6 Å². The van der Waals surface area contributed by atoms with Crippen LogP contribution in [-0.4, -0.2) is 47.1 Å². The van der Waals surface area contributed by atoms with Crippen molar-refractivity contribution >= 4 is 23.5 Å². The van der Waals surface area contributed by atoms with E-state index in [4.69, 9.17) is 4.74 Å². The van der Waals surface area contributed by atoms with Gasteiger partial charge in [0, 0.05) is 24.2 Å². The van der Waals surface area contributed by atoms with Gasteiger partial charge in [0.2, 0.25) is 11.8 Å². The monoisotopic (exact) mass is 633 g/mol. The Morgan fingerprint density at radius 2 is 1.60 bits per heavy atom. The molecule has 1 aliphatic heterocycles. The molecule has 0 aromatic heterocycles. The summed E-state index contributed by atoms with van der Waals surface area (Å²) in [6.07, 6.45) is 1.32. The van der Waals surface area contributed by atoms with Crippen LogP contribution in [0, 0.1) is 0 Å². The van der Waals surface area contributed by atoms with Gasteiger partial charge in [-0.05, 0) is 73.6 Å². The van der Waals surface area contributed by atoms with Gasteiger partial charge in [-0.3, -0.25) is 9.59 Å². The topological polar surface area (TPSA) is 108 Å². The molecule has 244 valence electrons. The second kappa shape index (κ2) is 15.2. The number of carbonyl (C=O) groups excluding carboxylic acids is 2. The van der Waals surface area contributed by atoms with Crippen LogP contribution in [0.3, 0.4) is 0 Å². The van der Waals surface area contributed by atoms with Crippen LogP contribution < -0.4 is 15.5 Å². The van der Waals surface area contributed by atoms with Crippen LogP contribution in [-0.2, 0) is 33.9 Å². The van der Waals surface area contributed by atoms with E-state index in [-0.39, 0.29) is 29.9 Å². The van der Waals surface area contributed by atoms with Crippen molar-refractivity contribution in [2.24, 2.45) is 0 Å². The lowest BCUT2D eigenvalue weighted by Gasteiger charge is -2.30. The molecule has 0 radical (unpaired) electrons. The highest BCUT2D eigenvalue weighted by Crippen LogP contribution is 2.30. The van der Waals surface area contributed by atoms with E-state index >= 15 is 0 Å². The maximum Gasteiger partial charge on any atom is 0.336 e. The molecule has 0 saturated heterocycles. The van der Waals surface area contributed by atoms with E-state index in [1.165, 1.54) is 0 Å². The summed E-state index contributed by atoms with van der Waals surface area (Å²) in [5.74, 6) is -1.32. The molecule has 2 amide bonds. The summed E-state index contributed by atoms with van der Waals surface area (Å²) in [5.41, 5.74) is 5.04.